The highest BCUT2D eigenvalue weighted by atomic mass is 16.2. The van der Waals surface area contributed by atoms with Crippen LogP contribution in [0.5, 0.6) is 0 Å². The predicted octanol–water partition coefficient (Wildman–Crippen LogP) is 1.87. The summed E-state index contributed by atoms with van der Waals surface area (Å²) in [6.07, 6.45) is 1.07. The number of likely N-dealkylation sites (tertiary alicyclic amines) is 1. The van der Waals surface area contributed by atoms with Crippen molar-refractivity contribution in [3.8, 4) is 0 Å². The first kappa shape index (κ1) is 18.9. The molecule has 2 saturated heterocycles. The highest BCUT2D eigenvalue weighted by Gasteiger charge is 2.33. The zero-order valence-corrected chi connectivity index (χ0v) is 15.8. The molecule has 0 spiro atoms. The molecule has 1 unspecified atom stereocenters. The van der Waals surface area contributed by atoms with Crippen LogP contribution in [0.15, 0.2) is 54.6 Å². The average molecular weight is 391 g/mol. The summed E-state index contributed by atoms with van der Waals surface area (Å²) in [5.74, 6) is -0.774. The normalized spacial score (nSPS) is 19.2. The Kier molecular flexibility index (Phi) is 5.12. The van der Waals surface area contributed by atoms with E-state index in [0.717, 1.165) is 11.3 Å². The van der Waals surface area contributed by atoms with Gasteiger partial charge in [0.05, 0.1) is 6.54 Å². The molecule has 0 radical (unpaired) electrons. The number of carbonyl (C=O) groups excluding carboxylic acids is 4. The minimum Gasteiger partial charge on any atom is -0.340 e. The SMILES string of the molecule is O=C(NC1CCN(c2ccccc2)C1=O)c1ccc(CN2C(=O)CCC2=O)cc1. The maximum Gasteiger partial charge on any atom is 0.251 e. The van der Waals surface area contributed by atoms with Crippen molar-refractivity contribution in [3.05, 3.63) is 65.7 Å². The zero-order chi connectivity index (χ0) is 20.4. The first-order chi connectivity index (χ1) is 14.0. The first-order valence-electron chi connectivity index (χ1n) is 9.62. The van der Waals surface area contributed by atoms with E-state index in [1.165, 1.54) is 4.90 Å². The molecule has 1 N–H and O–H groups in total. The molecule has 29 heavy (non-hydrogen) atoms. The molecular formula is C22H21N3O4. The van der Waals surface area contributed by atoms with E-state index < -0.39 is 6.04 Å². The van der Waals surface area contributed by atoms with Crippen molar-refractivity contribution in [1.82, 2.24) is 10.2 Å². The number of anilines is 1. The number of hydrogen-bond donors (Lipinski definition) is 1. The number of nitrogens with one attached hydrogen (secondary N) is 1. The highest BCUT2D eigenvalue weighted by Crippen LogP contribution is 2.21. The Morgan fingerprint density at radius 2 is 1.59 bits per heavy atom. The average Bonchev–Trinajstić information content (AvgIpc) is 3.26. The molecule has 0 aromatic heterocycles. The third kappa shape index (κ3) is 3.89. The van der Waals surface area contributed by atoms with Gasteiger partial charge in [0.1, 0.15) is 6.04 Å². The third-order valence-corrected chi connectivity index (χ3v) is 5.29. The number of carbonyl (C=O) groups is 4. The molecule has 1 atom stereocenters. The number of nitrogens with zero attached hydrogens (tertiary/aromatic N) is 2. The van der Waals surface area contributed by atoms with Crippen molar-refractivity contribution in [1.29, 1.82) is 0 Å². The van der Waals surface area contributed by atoms with Crippen molar-refractivity contribution >= 4 is 29.3 Å². The van der Waals surface area contributed by atoms with Gasteiger partial charge in [0, 0.05) is 30.6 Å². The van der Waals surface area contributed by atoms with Crippen LogP contribution >= 0.6 is 0 Å². The number of para-hydroxylation sites is 1. The molecule has 2 aromatic rings. The molecule has 2 heterocycles. The Balaban J connectivity index is 1.37. The van der Waals surface area contributed by atoms with E-state index in [1.54, 1.807) is 29.2 Å². The Bertz CT molecular complexity index is 940. The quantitative estimate of drug-likeness (QED) is 0.789. The van der Waals surface area contributed by atoms with Gasteiger partial charge in [-0.1, -0.05) is 30.3 Å². The van der Waals surface area contributed by atoms with Gasteiger partial charge >= 0.3 is 0 Å². The van der Waals surface area contributed by atoms with Crippen LogP contribution in [0.3, 0.4) is 0 Å². The number of rotatable bonds is 5. The van der Waals surface area contributed by atoms with Gasteiger partial charge in [-0.3, -0.25) is 24.1 Å². The van der Waals surface area contributed by atoms with Crippen molar-refractivity contribution in [2.75, 3.05) is 11.4 Å². The standard InChI is InChI=1S/C22H21N3O4/c26-19-10-11-20(27)25(19)14-15-6-8-16(9-7-15)21(28)23-18-12-13-24(22(18)29)17-4-2-1-3-5-17/h1-9,18H,10-14H2,(H,23,28). The van der Waals surface area contributed by atoms with Crippen LogP contribution < -0.4 is 10.2 Å². The monoisotopic (exact) mass is 391 g/mol. The van der Waals surface area contributed by atoms with Gasteiger partial charge in [0.15, 0.2) is 0 Å². The number of imide groups is 1. The lowest BCUT2D eigenvalue weighted by Crippen LogP contribution is -2.41. The fourth-order valence-electron chi connectivity index (χ4n) is 3.66. The molecular weight excluding hydrogens is 370 g/mol. The minimum absolute atomic E-state index is 0.118. The number of amides is 4. The molecule has 2 fully saturated rings. The fraction of sp³-hybridized carbons (Fsp3) is 0.273. The van der Waals surface area contributed by atoms with Crippen LogP contribution in [0.1, 0.15) is 35.2 Å². The summed E-state index contributed by atoms with van der Waals surface area (Å²) in [6.45, 7) is 0.775. The molecule has 0 saturated carbocycles. The summed E-state index contributed by atoms with van der Waals surface area (Å²) < 4.78 is 0. The minimum atomic E-state index is -0.553. The van der Waals surface area contributed by atoms with E-state index in [9.17, 15) is 19.2 Å². The zero-order valence-electron chi connectivity index (χ0n) is 15.8. The van der Waals surface area contributed by atoms with Crippen LogP contribution in [0.4, 0.5) is 5.69 Å². The van der Waals surface area contributed by atoms with Gasteiger partial charge in [-0.2, -0.15) is 0 Å². The van der Waals surface area contributed by atoms with E-state index >= 15 is 0 Å². The van der Waals surface area contributed by atoms with Crippen LogP contribution in [0, 0.1) is 0 Å². The van der Waals surface area contributed by atoms with Crippen LogP contribution in [0.2, 0.25) is 0 Å². The molecule has 7 nitrogen and oxygen atoms in total. The van der Waals surface area contributed by atoms with Crippen molar-refractivity contribution in [2.45, 2.75) is 31.8 Å². The summed E-state index contributed by atoms with van der Waals surface area (Å²) >= 11 is 0. The predicted molar refractivity (Wildman–Crippen MR) is 106 cm³/mol. The second kappa shape index (κ2) is 7.87. The highest BCUT2D eigenvalue weighted by molar-refractivity contribution is 6.04. The lowest BCUT2D eigenvalue weighted by atomic mass is 10.1. The molecule has 2 aromatic carbocycles. The van der Waals surface area contributed by atoms with Gasteiger partial charge in [-0.15, -0.1) is 0 Å². The number of benzene rings is 2. The van der Waals surface area contributed by atoms with Gasteiger partial charge in [0.2, 0.25) is 17.7 Å². The first-order valence-corrected chi connectivity index (χ1v) is 9.62. The fourth-order valence-corrected chi connectivity index (χ4v) is 3.66. The van der Waals surface area contributed by atoms with Gasteiger partial charge in [0.25, 0.3) is 5.91 Å². The summed E-state index contributed by atoms with van der Waals surface area (Å²) in [6, 6.07) is 15.6. The summed E-state index contributed by atoms with van der Waals surface area (Å²) in [5.41, 5.74) is 2.03. The Morgan fingerprint density at radius 1 is 0.931 bits per heavy atom. The van der Waals surface area contributed by atoms with Crippen LogP contribution in [0.25, 0.3) is 0 Å². The second-order valence-electron chi connectivity index (χ2n) is 7.21. The summed E-state index contributed by atoms with van der Waals surface area (Å²) in [4.78, 5) is 51.5. The Hall–Kier alpha value is -3.48. The maximum atomic E-state index is 12.6. The molecule has 2 aliphatic heterocycles. The molecule has 2 aliphatic rings. The summed E-state index contributed by atoms with van der Waals surface area (Å²) in [7, 11) is 0. The van der Waals surface area contributed by atoms with E-state index in [2.05, 4.69) is 5.32 Å². The third-order valence-electron chi connectivity index (χ3n) is 5.29. The second-order valence-corrected chi connectivity index (χ2v) is 7.21. The summed E-state index contributed by atoms with van der Waals surface area (Å²) in [5, 5.41) is 2.80. The van der Waals surface area contributed by atoms with Gasteiger partial charge < -0.3 is 10.2 Å². The Labute approximate surface area is 168 Å². The van der Waals surface area contributed by atoms with E-state index in [1.807, 2.05) is 30.3 Å². The molecule has 148 valence electrons. The maximum absolute atomic E-state index is 12.6. The molecule has 4 rings (SSSR count). The molecule has 7 heteroatoms. The lowest BCUT2D eigenvalue weighted by Gasteiger charge is -2.17. The molecule has 4 amide bonds. The van der Waals surface area contributed by atoms with Crippen molar-refractivity contribution in [2.24, 2.45) is 0 Å². The molecule has 0 bridgehead atoms. The lowest BCUT2D eigenvalue weighted by molar-refractivity contribution is -0.139. The smallest absolute Gasteiger partial charge is 0.251 e. The topological polar surface area (TPSA) is 86.8 Å². The van der Waals surface area contributed by atoms with Crippen LogP contribution in [-0.2, 0) is 20.9 Å². The van der Waals surface area contributed by atoms with Crippen molar-refractivity contribution in [3.63, 3.8) is 0 Å². The van der Waals surface area contributed by atoms with Gasteiger partial charge in [-0.25, -0.2) is 0 Å². The number of hydrogen-bond acceptors (Lipinski definition) is 4. The largest absolute Gasteiger partial charge is 0.340 e. The molecule has 0 aliphatic carbocycles. The van der Waals surface area contributed by atoms with E-state index in [4.69, 9.17) is 0 Å². The van der Waals surface area contributed by atoms with Gasteiger partial charge in [-0.05, 0) is 36.2 Å². The Morgan fingerprint density at radius 3 is 2.24 bits per heavy atom. The van der Waals surface area contributed by atoms with Crippen LogP contribution in [-0.4, -0.2) is 41.1 Å². The van der Waals surface area contributed by atoms with E-state index in [-0.39, 0.29) is 43.0 Å². The van der Waals surface area contributed by atoms with Crippen molar-refractivity contribution < 1.29 is 19.2 Å². The van der Waals surface area contributed by atoms with E-state index in [0.29, 0.717) is 18.5 Å².